The Balaban J connectivity index is 2.08. The van der Waals surface area contributed by atoms with Crippen molar-refractivity contribution in [2.24, 2.45) is 0 Å². The number of hydrogen-bond acceptors (Lipinski definition) is 1. The second kappa shape index (κ2) is 6.36. The van der Waals surface area contributed by atoms with Gasteiger partial charge in [-0.1, -0.05) is 57.9 Å². The smallest absolute Gasteiger partial charge is 0.0297 e. The van der Waals surface area contributed by atoms with E-state index in [0.717, 1.165) is 4.47 Å². The minimum atomic E-state index is 0.327. The van der Waals surface area contributed by atoms with Crippen LogP contribution in [0.5, 0.6) is 0 Å². The summed E-state index contributed by atoms with van der Waals surface area (Å²) in [5.41, 5.74) is 3.94. The van der Waals surface area contributed by atoms with Crippen LogP contribution in [-0.4, -0.2) is 0 Å². The first-order valence-electron chi connectivity index (χ1n) is 6.64. The Labute approximate surface area is 124 Å². The number of hydrogen-bond donors (Lipinski definition) is 1. The molecule has 2 aromatic carbocycles. The summed E-state index contributed by atoms with van der Waals surface area (Å²) in [5, 5.41) is 3.65. The Morgan fingerprint density at radius 2 is 1.47 bits per heavy atom. The van der Waals surface area contributed by atoms with E-state index in [-0.39, 0.29) is 0 Å². The third kappa shape index (κ3) is 3.92. The van der Waals surface area contributed by atoms with Crippen molar-refractivity contribution in [1.82, 2.24) is 5.32 Å². The molecule has 0 aliphatic heterocycles. The minimum Gasteiger partial charge on any atom is -0.304 e. The fourth-order valence-electron chi connectivity index (χ4n) is 2.28. The molecule has 2 atom stereocenters. The van der Waals surface area contributed by atoms with Crippen LogP contribution >= 0.6 is 15.9 Å². The van der Waals surface area contributed by atoms with Gasteiger partial charge in [0.05, 0.1) is 0 Å². The van der Waals surface area contributed by atoms with E-state index in [1.165, 1.54) is 16.7 Å². The molecule has 0 heterocycles. The second-order valence-corrected chi connectivity index (χ2v) is 5.99. The van der Waals surface area contributed by atoms with Crippen LogP contribution in [-0.2, 0) is 0 Å². The monoisotopic (exact) mass is 317 g/mol. The highest BCUT2D eigenvalue weighted by atomic mass is 79.9. The van der Waals surface area contributed by atoms with Gasteiger partial charge in [-0.25, -0.2) is 0 Å². The van der Waals surface area contributed by atoms with Gasteiger partial charge in [0, 0.05) is 16.6 Å². The zero-order valence-electron chi connectivity index (χ0n) is 11.7. The first-order valence-corrected chi connectivity index (χ1v) is 7.43. The van der Waals surface area contributed by atoms with Crippen LogP contribution in [0.1, 0.15) is 42.6 Å². The lowest BCUT2D eigenvalue weighted by molar-refractivity contribution is 0.494. The van der Waals surface area contributed by atoms with E-state index in [1.807, 2.05) is 0 Å². The van der Waals surface area contributed by atoms with E-state index < -0.39 is 0 Å². The maximum Gasteiger partial charge on any atom is 0.0297 e. The maximum absolute atomic E-state index is 3.65. The molecule has 0 amide bonds. The maximum atomic E-state index is 3.65. The van der Waals surface area contributed by atoms with Crippen molar-refractivity contribution in [2.45, 2.75) is 32.9 Å². The molecule has 0 aliphatic rings. The van der Waals surface area contributed by atoms with Crippen LogP contribution < -0.4 is 5.32 Å². The fraction of sp³-hybridized carbons (Fsp3) is 0.294. The number of nitrogens with one attached hydrogen (secondary N) is 1. The quantitative estimate of drug-likeness (QED) is 0.820. The number of rotatable bonds is 4. The van der Waals surface area contributed by atoms with Gasteiger partial charge in [0.25, 0.3) is 0 Å². The van der Waals surface area contributed by atoms with Crippen LogP contribution in [0.4, 0.5) is 0 Å². The summed E-state index contributed by atoms with van der Waals surface area (Å²) in [6, 6.07) is 17.8. The lowest BCUT2D eigenvalue weighted by Crippen LogP contribution is -2.22. The molecular weight excluding hydrogens is 298 g/mol. The van der Waals surface area contributed by atoms with Crippen LogP contribution in [0, 0.1) is 6.92 Å². The molecule has 0 aromatic heterocycles. The van der Waals surface area contributed by atoms with Crippen LogP contribution in [0.2, 0.25) is 0 Å². The van der Waals surface area contributed by atoms with Gasteiger partial charge in [-0.2, -0.15) is 0 Å². The standard InChI is InChI=1S/C17H20BrN/c1-12-6-4-7-15(10-12)13(2)19-14(3)16-8-5-9-17(18)11-16/h4-11,13-14,19H,1-3H3/t13?,14-/m0/s1. The Morgan fingerprint density at radius 1 is 0.895 bits per heavy atom. The fourth-order valence-corrected chi connectivity index (χ4v) is 2.70. The number of halogens is 1. The van der Waals surface area contributed by atoms with Gasteiger partial charge in [0.1, 0.15) is 0 Å². The Bertz CT molecular complexity index is 501. The van der Waals surface area contributed by atoms with Gasteiger partial charge in [-0.15, -0.1) is 0 Å². The van der Waals surface area contributed by atoms with E-state index in [0.29, 0.717) is 12.1 Å². The van der Waals surface area contributed by atoms with Gasteiger partial charge in [-0.3, -0.25) is 0 Å². The molecule has 0 saturated carbocycles. The molecular formula is C17H20BrN. The Morgan fingerprint density at radius 3 is 2.05 bits per heavy atom. The van der Waals surface area contributed by atoms with Gasteiger partial charge in [-0.05, 0) is 44.0 Å². The lowest BCUT2D eigenvalue weighted by Gasteiger charge is -2.21. The highest BCUT2D eigenvalue weighted by molar-refractivity contribution is 9.10. The summed E-state index contributed by atoms with van der Waals surface area (Å²) in [4.78, 5) is 0. The van der Waals surface area contributed by atoms with Crippen LogP contribution in [0.15, 0.2) is 53.0 Å². The van der Waals surface area contributed by atoms with E-state index in [4.69, 9.17) is 0 Å². The number of benzene rings is 2. The van der Waals surface area contributed by atoms with Crippen LogP contribution in [0.25, 0.3) is 0 Å². The van der Waals surface area contributed by atoms with E-state index in [1.54, 1.807) is 0 Å². The molecule has 0 spiro atoms. The minimum absolute atomic E-state index is 0.327. The van der Waals surface area contributed by atoms with Crippen molar-refractivity contribution in [1.29, 1.82) is 0 Å². The zero-order chi connectivity index (χ0) is 13.8. The summed E-state index contributed by atoms with van der Waals surface area (Å²) >= 11 is 3.52. The van der Waals surface area contributed by atoms with Crippen molar-refractivity contribution < 1.29 is 0 Å². The molecule has 0 aliphatic carbocycles. The molecule has 19 heavy (non-hydrogen) atoms. The molecule has 0 radical (unpaired) electrons. The summed E-state index contributed by atoms with van der Waals surface area (Å²) in [6.45, 7) is 6.55. The molecule has 2 rings (SSSR count). The average Bonchev–Trinajstić information content (AvgIpc) is 2.38. The largest absolute Gasteiger partial charge is 0.304 e. The van der Waals surface area contributed by atoms with Crippen molar-refractivity contribution >= 4 is 15.9 Å². The van der Waals surface area contributed by atoms with E-state index in [9.17, 15) is 0 Å². The molecule has 0 bridgehead atoms. The summed E-state index contributed by atoms with van der Waals surface area (Å²) in [7, 11) is 0. The summed E-state index contributed by atoms with van der Waals surface area (Å²) in [5.74, 6) is 0. The van der Waals surface area contributed by atoms with Gasteiger partial charge < -0.3 is 5.32 Å². The van der Waals surface area contributed by atoms with Crippen molar-refractivity contribution in [3.05, 3.63) is 69.7 Å². The normalized spacial score (nSPS) is 14.1. The van der Waals surface area contributed by atoms with E-state index in [2.05, 4.69) is 90.5 Å². The summed E-state index contributed by atoms with van der Waals surface area (Å²) < 4.78 is 1.13. The molecule has 2 heteroatoms. The van der Waals surface area contributed by atoms with Crippen molar-refractivity contribution in [3.8, 4) is 0 Å². The third-order valence-electron chi connectivity index (χ3n) is 3.39. The van der Waals surface area contributed by atoms with Gasteiger partial charge in [0.15, 0.2) is 0 Å². The second-order valence-electron chi connectivity index (χ2n) is 5.08. The first-order chi connectivity index (χ1) is 9.06. The summed E-state index contributed by atoms with van der Waals surface area (Å²) in [6.07, 6.45) is 0. The van der Waals surface area contributed by atoms with Crippen molar-refractivity contribution in [2.75, 3.05) is 0 Å². The average molecular weight is 318 g/mol. The number of aryl methyl sites for hydroxylation is 1. The predicted molar refractivity (Wildman–Crippen MR) is 85.3 cm³/mol. The molecule has 0 saturated heterocycles. The lowest BCUT2D eigenvalue weighted by atomic mass is 10.0. The molecule has 1 unspecified atom stereocenters. The molecule has 1 nitrogen and oxygen atoms in total. The SMILES string of the molecule is Cc1cccc(C(C)N[C@@H](C)c2cccc(Br)c2)c1. The van der Waals surface area contributed by atoms with Gasteiger partial charge in [0.2, 0.25) is 0 Å². The van der Waals surface area contributed by atoms with Crippen LogP contribution in [0.3, 0.4) is 0 Å². The van der Waals surface area contributed by atoms with E-state index >= 15 is 0 Å². The topological polar surface area (TPSA) is 12.0 Å². The van der Waals surface area contributed by atoms with Gasteiger partial charge >= 0.3 is 0 Å². The highest BCUT2D eigenvalue weighted by Crippen LogP contribution is 2.22. The first kappa shape index (κ1) is 14.3. The van der Waals surface area contributed by atoms with Crippen molar-refractivity contribution in [3.63, 3.8) is 0 Å². The molecule has 1 N–H and O–H groups in total. The third-order valence-corrected chi connectivity index (χ3v) is 3.88. The zero-order valence-corrected chi connectivity index (χ0v) is 13.2. The molecule has 100 valence electrons. The molecule has 0 fully saturated rings. The Kier molecular flexibility index (Phi) is 4.78. The highest BCUT2D eigenvalue weighted by Gasteiger charge is 2.11. The molecule has 2 aromatic rings. The predicted octanol–water partition coefficient (Wildman–Crippen LogP) is 5.17. The Hall–Kier alpha value is -1.12.